The van der Waals surface area contributed by atoms with Gasteiger partial charge in [0.1, 0.15) is 0 Å². The van der Waals surface area contributed by atoms with E-state index in [1.54, 1.807) is 0 Å². The van der Waals surface area contributed by atoms with E-state index < -0.39 is 0 Å². The van der Waals surface area contributed by atoms with E-state index in [2.05, 4.69) is 77.1 Å². The fraction of sp³-hybridized carbons (Fsp3) is 0.375. The van der Waals surface area contributed by atoms with Crippen molar-refractivity contribution in [1.82, 2.24) is 10.2 Å². The Morgan fingerprint density at radius 1 is 0.892 bits per heavy atom. The first kappa shape index (κ1) is 23.8. The number of hydrogen-bond donors (Lipinski definition) is 2. The van der Waals surface area contributed by atoms with Gasteiger partial charge in [-0.05, 0) is 48.6 Å². The average Bonchev–Trinajstić information content (AvgIpc) is 3.32. The monoisotopic (exact) mass is 493 g/mol. The summed E-state index contributed by atoms with van der Waals surface area (Å²) in [4.78, 5) is 29.5. The van der Waals surface area contributed by atoms with Gasteiger partial charge in [-0.25, -0.2) is 0 Å². The number of carbonyl (C=O) groups is 2. The number of likely N-dealkylation sites (tertiary alicyclic amines) is 1. The van der Waals surface area contributed by atoms with Crippen LogP contribution >= 0.6 is 0 Å². The molecule has 2 fully saturated rings. The Bertz CT molecular complexity index is 1280. The van der Waals surface area contributed by atoms with Crippen molar-refractivity contribution < 1.29 is 9.59 Å². The molecular formula is C32H35N3O2. The van der Waals surface area contributed by atoms with E-state index in [-0.39, 0.29) is 41.3 Å². The van der Waals surface area contributed by atoms with Crippen LogP contribution in [0.3, 0.4) is 0 Å². The quantitative estimate of drug-likeness (QED) is 0.460. The highest BCUT2D eigenvalue weighted by Gasteiger charge is 2.55. The van der Waals surface area contributed by atoms with Gasteiger partial charge in [0.15, 0.2) is 0 Å². The van der Waals surface area contributed by atoms with Crippen LogP contribution in [0.15, 0.2) is 84.9 Å². The molecule has 1 saturated heterocycles. The molecule has 0 spiro atoms. The van der Waals surface area contributed by atoms with Crippen molar-refractivity contribution in [1.29, 1.82) is 0 Å². The van der Waals surface area contributed by atoms with E-state index in [0.717, 1.165) is 44.3 Å². The first-order chi connectivity index (χ1) is 18.1. The second kappa shape index (κ2) is 9.70. The summed E-state index contributed by atoms with van der Waals surface area (Å²) in [5, 5.41) is 7.05. The largest absolute Gasteiger partial charge is 0.377 e. The van der Waals surface area contributed by atoms with E-state index in [1.807, 2.05) is 30.3 Å². The van der Waals surface area contributed by atoms with Crippen LogP contribution in [0.1, 0.15) is 72.6 Å². The number of hydrogen-bond acceptors (Lipinski definition) is 3. The molecule has 5 heteroatoms. The van der Waals surface area contributed by atoms with Crippen molar-refractivity contribution in [2.75, 3.05) is 11.9 Å². The summed E-state index contributed by atoms with van der Waals surface area (Å²) >= 11 is 0. The molecule has 6 rings (SSSR count). The van der Waals surface area contributed by atoms with Crippen LogP contribution in [0.25, 0.3) is 0 Å². The smallest absolute Gasteiger partial charge is 0.251 e. The molecule has 1 saturated carbocycles. The molecule has 0 aromatic heterocycles. The average molecular weight is 494 g/mol. The van der Waals surface area contributed by atoms with Crippen LogP contribution in [0.2, 0.25) is 0 Å². The minimum Gasteiger partial charge on any atom is -0.377 e. The molecule has 2 N–H and O–H groups in total. The minimum atomic E-state index is -0.194. The van der Waals surface area contributed by atoms with Crippen LogP contribution < -0.4 is 10.6 Å². The molecule has 5 nitrogen and oxygen atoms in total. The maximum absolute atomic E-state index is 14.3. The molecule has 3 aromatic carbocycles. The molecular weight excluding hydrogens is 458 g/mol. The molecule has 2 aliphatic heterocycles. The summed E-state index contributed by atoms with van der Waals surface area (Å²) in [6.45, 7) is 3.07. The van der Waals surface area contributed by atoms with Crippen LogP contribution in [-0.4, -0.2) is 29.3 Å². The summed E-state index contributed by atoms with van der Waals surface area (Å²) in [6, 6.07) is 28.4. The SMILES string of the molecule is C[C@@]12CCN(C(=O)[C@H]3CCCC[C@H]3NC(=O)c3ccccc3)[C@H]1c1ccccc1N[C@H]2c1ccccc1. The highest BCUT2D eigenvalue weighted by Crippen LogP contribution is 2.59. The van der Waals surface area contributed by atoms with Crippen molar-refractivity contribution in [2.24, 2.45) is 11.3 Å². The Labute approximate surface area is 219 Å². The van der Waals surface area contributed by atoms with Gasteiger partial charge in [-0.15, -0.1) is 0 Å². The molecule has 37 heavy (non-hydrogen) atoms. The Morgan fingerprint density at radius 2 is 1.57 bits per heavy atom. The lowest BCUT2D eigenvalue weighted by Crippen LogP contribution is -2.51. The Morgan fingerprint density at radius 3 is 2.35 bits per heavy atom. The molecule has 190 valence electrons. The van der Waals surface area contributed by atoms with Gasteiger partial charge >= 0.3 is 0 Å². The van der Waals surface area contributed by atoms with Crippen molar-refractivity contribution in [2.45, 2.75) is 57.2 Å². The maximum Gasteiger partial charge on any atom is 0.251 e. The molecule has 2 heterocycles. The van der Waals surface area contributed by atoms with Crippen LogP contribution in [0.4, 0.5) is 5.69 Å². The predicted molar refractivity (Wildman–Crippen MR) is 146 cm³/mol. The Kier molecular flexibility index (Phi) is 6.23. The topological polar surface area (TPSA) is 61.4 Å². The summed E-state index contributed by atoms with van der Waals surface area (Å²) < 4.78 is 0. The van der Waals surface area contributed by atoms with Gasteiger partial charge in [-0.2, -0.15) is 0 Å². The summed E-state index contributed by atoms with van der Waals surface area (Å²) in [7, 11) is 0. The van der Waals surface area contributed by atoms with Gasteiger partial charge in [0.25, 0.3) is 5.91 Å². The second-order valence-corrected chi connectivity index (χ2v) is 11.1. The fourth-order valence-electron chi connectivity index (χ4n) is 7.00. The number of nitrogens with one attached hydrogen (secondary N) is 2. The standard InChI is InChI=1S/C32H35N3O2/c1-32-20-21-35(29(32)24-16-8-10-18-26(24)33-28(32)22-12-4-2-5-13-22)31(37)25-17-9-11-19-27(25)34-30(36)23-14-6-3-7-15-23/h2-8,10,12-16,18,25,27-29,33H,9,11,17,19-21H2,1H3,(H,34,36)/t25-,27+,28-,29-,32-/m0/s1. The van der Waals surface area contributed by atoms with E-state index in [9.17, 15) is 9.59 Å². The van der Waals surface area contributed by atoms with Crippen LogP contribution in [0, 0.1) is 11.3 Å². The van der Waals surface area contributed by atoms with Crippen molar-refractivity contribution in [3.05, 3.63) is 102 Å². The summed E-state index contributed by atoms with van der Waals surface area (Å²) in [5.74, 6) is -0.0933. The lowest BCUT2D eigenvalue weighted by Gasteiger charge is -2.48. The molecule has 0 bridgehead atoms. The minimum absolute atomic E-state index is 0.00458. The molecule has 2 amide bonds. The molecule has 0 radical (unpaired) electrons. The van der Waals surface area contributed by atoms with Crippen molar-refractivity contribution >= 4 is 17.5 Å². The number of nitrogens with zero attached hydrogens (tertiary/aromatic N) is 1. The van der Waals surface area contributed by atoms with E-state index >= 15 is 0 Å². The third kappa shape index (κ3) is 4.20. The summed E-state index contributed by atoms with van der Waals surface area (Å²) in [5.41, 5.74) is 4.07. The maximum atomic E-state index is 14.3. The zero-order valence-corrected chi connectivity index (χ0v) is 21.4. The number of benzene rings is 3. The molecule has 3 aromatic rings. The highest BCUT2D eigenvalue weighted by atomic mass is 16.2. The highest BCUT2D eigenvalue weighted by molar-refractivity contribution is 5.95. The van der Waals surface area contributed by atoms with Crippen LogP contribution in [-0.2, 0) is 4.79 Å². The van der Waals surface area contributed by atoms with Gasteiger partial charge in [-0.1, -0.05) is 86.5 Å². The van der Waals surface area contributed by atoms with E-state index in [4.69, 9.17) is 0 Å². The van der Waals surface area contributed by atoms with Crippen LogP contribution in [0.5, 0.6) is 0 Å². The van der Waals surface area contributed by atoms with Gasteiger partial charge in [0.2, 0.25) is 5.91 Å². The normalized spacial score (nSPS) is 28.5. The number of fused-ring (bicyclic) bond motifs is 3. The van der Waals surface area contributed by atoms with Gasteiger partial charge in [0.05, 0.1) is 18.0 Å². The molecule has 1 aliphatic carbocycles. The number of anilines is 1. The third-order valence-corrected chi connectivity index (χ3v) is 8.89. The molecule has 0 unspecified atom stereocenters. The Hall–Kier alpha value is -3.60. The third-order valence-electron chi connectivity index (χ3n) is 8.89. The van der Waals surface area contributed by atoms with Gasteiger partial charge < -0.3 is 15.5 Å². The molecule has 5 atom stereocenters. The first-order valence-electron chi connectivity index (χ1n) is 13.6. The number of carbonyl (C=O) groups excluding carboxylic acids is 2. The number of para-hydroxylation sites is 1. The van der Waals surface area contributed by atoms with Crippen molar-refractivity contribution in [3.8, 4) is 0 Å². The van der Waals surface area contributed by atoms with E-state index in [0.29, 0.717) is 5.56 Å². The lowest BCUT2D eigenvalue weighted by atomic mass is 9.68. The van der Waals surface area contributed by atoms with E-state index in [1.165, 1.54) is 11.1 Å². The zero-order chi connectivity index (χ0) is 25.4. The van der Waals surface area contributed by atoms with Gasteiger partial charge in [0, 0.05) is 29.3 Å². The Balaban J connectivity index is 1.31. The fourth-order valence-corrected chi connectivity index (χ4v) is 7.00. The van der Waals surface area contributed by atoms with Crippen molar-refractivity contribution in [3.63, 3.8) is 0 Å². The predicted octanol–water partition coefficient (Wildman–Crippen LogP) is 6.12. The lowest BCUT2D eigenvalue weighted by molar-refractivity contribution is -0.139. The van der Waals surface area contributed by atoms with Gasteiger partial charge in [-0.3, -0.25) is 9.59 Å². The molecule has 3 aliphatic rings. The zero-order valence-electron chi connectivity index (χ0n) is 21.4. The number of amides is 2. The number of rotatable bonds is 4. The second-order valence-electron chi connectivity index (χ2n) is 11.1. The summed E-state index contributed by atoms with van der Waals surface area (Å²) in [6.07, 6.45) is 4.65. The first-order valence-corrected chi connectivity index (χ1v) is 13.6.